The molecule has 0 spiro atoms. The molecule has 0 aromatic heterocycles. The number of amides is 1. The smallest absolute Gasteiger partial charge is 0.404 e. The molecular formula is C13H17NO4. The van der Waals surface area contributed by atoms with Crippen molar-refractivity contribution >= 4 is 12.1 Å². The van der Waals surface area contributed by atoms with E-state index >= 15 is 0 Å². The Morgan fingerprint density at radius 3 is 2.39 bits per heavy atom. The number of carbonyl (C=O) groups excluding carboxylic acids is 2. The Bertz CT molecular complexity index is 413. The molecule has 1 aromatic rings. The molecule has 0 fully saturated rings. The number of hydrogen-bond donors (Lipinski definition) is 1. The summed E-state index contributed by atoms with van der Waals surface area (Å²) >= 11 is 0. The van der Waals surface area contributed by atoms with Crippen molar-refractivity contribution in [3.05, 3.63) is 35.4 Å². The van der Waals surface area contributed by atoms with Crippen LogP contribution < -0.4 is 5.73 Å². The topological polar surface area (TPSA) is 78.6 Å². The van der Waals surface area contributed by atoms with Gasteiger partial charge in [-0.25, -0.2) is 4.79 Å². The molecule has 1 rings (SSSR count). The van der Waals surface area contributed by atoms with E-state index in [-0.39, 0.29) is 25.1 Å². The average molecular weight is 251 g/mol. The first kappa shape index (κ1) is 14.0. The molecule has 1 atom stereocenters. The third-order valence-electron chi connectivity index (χ3n) is 2.54. The standard InChI is InChI=1S/C13H17NO4/c1-9-5-3-4-6-12(9)11(7-17-10(2)15)8-18-13(14)16/h3-6,11H,7-8H2,1-2H3,(H2,14,16)/t11-/m1/s1. The molecule has 5 nitrogen and oxygen atoms in total. The first-order valence-corrected chi connectivity index (χ1v) is 5.62. The SMILES string of the molecule is CC(=O)OC[C@H](COC(N)=O)c1ccccc1C. The molecule has 0 aliphatic heterocycles. The van der Waals surface area contributed by atoms with Crippen molar-refractivity contribution in [2.75, 3.05) is 13.2 Å². The van der Waals surface area contributed by atoms with Crippen molar-refractivity contribution < 1.29 is 19.1 Å². The van der Waals surface area contributed by atoms with Gasteiger partial charge in [0, 0.05) is 6.92 Å². The van der Waals surface area contributed by atoms with Gasteiger partial charge in [-0.3, -0.25) is 4.79 Å². The zero-order valence-electron chi connectivity index (χ0n) is 10.5. The molecule has 5 heteroatoms. The number of hydrogen-bond acceptors (Lipinski definition) is 4. The highest BCUT2D eigenvalue weighted by Gasteiger charge is 2.17. The second-order valence-corrected chi connectivity index (χ2v) is 3.99. The van der Waals surface area contributed by atoms with Crippen LogP contribution in [0.2, 0.25) is 0 Å². The number of carbonyl (C=O) groups is 2. The Labute approximate surface area is 106 Å². The number of nitrogens with two attached hydrogens (primary N) is 1. The minimum atomic E-state index is -0.837. The summed E-state index contributed by atoms with van der Waals surface area (Å²) in [6.07, 6.45) is -0.837. The van der Waals surface area contributed by atoms with Gasteiger partial charge in [0.1, 0.15) is 13.2 Å². The zero-order chi connectivity index (χ0) is 13.5. The van der Waals surface area contributed by atoms with Crippen LogP contribution in [0.1, 0.15) is 24.0 Å². The van der Waals surface area contributed by atoms with Crippen molar-refractivity contribution in [3.8, 4) is 0 Å². The molecule has 0 aliphatic carbocycles. The highest BCUT2D eigenvalue weighted by Crippen LogP contribution is 2.20. The molecular weight excluding hydrogens is 234 g/mol. The minimum absolute atomic E-state index is 0.0907. The van der Waals surface area contributed by atoms with Crippen molar-refractivity contribution in [1.29, 1.82) is 0 Å². The molecule has 0 saturated carbocycles. The average Bonchev–Trinajstić information content (AvgIpc) is 2.30. The molecule has 0 unspecified atom stereocenters. The van der Waals surface area contributed by atoms with Crippen LogP contribution in [0, 0.1) is 6.92 Å². The summed E-state index contributed by atoms with van der Waals surface area (Å²) in [7, 11) is 0. The number of ether oxygens (including phenoxy) is 2. The van der Waals surface area contributed by atoms with Gasteiger partial charge in [0.2, 0.25) is 0 Å². The minimum Gasteiger partial charge on any atom is -0.465 e. The van der Waals surface area contributed by atoms with Crippen LogP contribution in [0.15, 0.2) is 24.3 Å². The van der Waals surface area contributed by atoms with Crippen LogP contribution >= 0.6 is 0 Å². The van der Waals surface area contributed by atoms with E-state index in [1.807, 2.05) is 31.2 Å². The van der Waals surface area contributed by atoms with Gasteiger partial charge in [-0.2, -0.15) is 0 Å². The molecule has 0 saturated heterocycles. The number of benzene rings is 1. The quantitative estimate of drug-likeness (QED) is 0.808. The van der Waals surface area contributed by atoms with Crippen LogP contribution in [0.25, 0.3) is 0 Å². The van der Waals surface area contributed by atoms with Crippen LogP contribution in [0.3, 0.4) is 0 Å². The Morgan fingerprint density at radius 2 is 1.83 bits per heavy atom. The lowest BCUT2D eigenvalue weighted by Crippen LogP contribution is -2.22. The van der Waals surface area contributed by atoms with E-state index in [1.54, 1.807) is 0 Å². The predicted octanol–water partition coefficient (Wildman–Crippen LogP) is 1.74. The monoisotopic (exact) mass is 251 g/mol. The molecule has 98 valence electrons. The van der Waals surface area contributed by atoms with Crippen LogP contribution in [0.5, 0.6) is 0 Å². The normalized spacial score (nSPS) is 11.7. The van der Waals surface area contributed by atoms with E-state index in [0.717, 1.165) is 11.1 Å². The van der Waals surface area contributed by atoms with Gasteiger partial charge in [0.05, 0.1) is 5.92 Å². The first-order chi connectivity index (χ1) is 8.50. The molecule has 18 heavy (non-hydrogen) atoms. The summed E-state index contributed by atoms with van der Waals surface area (Å²) in [5.74, 6) is -0.574. The molecule has 2 N–H and O–H groups in total. The third-order valence-corrected chi connectivity index (χ3v) is 2.54. The Morgan fingerprint density at radius 1 is 1.22 bits per heavy atom. The second kappa shape index (κ2) is 6.64. The predicted molar refractivity (Wildman–Crippen MR) is 66.1 cm³/mol. The number of rotatable bonds is 5. The lowest BCUT2D eigenvalue weighted by molar-refractivity contribution is -0.141. The maximum Gasteiger partial charge on any atom is 0.404 e. The van der Waals surface area contributed by atoms with E-state index in [9.17, 15) is 9.59 Å². The first-order valence-electron chi connectivity index (χ1n) is 5.62. The summed E-state index contributed by atoms with van der Waals surface area (Å²) in [5, 5.41) is 0. The van der Waals surface area contributed by atoms with E-state index in [0.29, 0.717) is 0 Å². The van der Waals surface area contributed by atoms with Gasteiger partial charge >= 0.3 is 12.1 Å². The van der Waals surface area contributed by atoms with Gasteiger partial charge in [-0.15, -0.1) is 0 Å². The fraction of sp³-hybridized carbons (Fsp3) is 0.385. The Hall–Kier alpha value is -2.04. The molecule has 1 aromatic carbocycles. The van der Waals surface area contributed by atoms with Crippen LogP contribution in [0.4, 0.5) is 4.79 Å². The lowest BCUT2D eigenvalue weighted by atomic mass is 9.96. The largest absolute Gasteiger partial charge is 0.465 e. The van der Waals surface area contributed by atoms with Gasteiger partial charge in [-0.05, 0) is 18.1 Å². The Kier molecular flexibility index (Phi) is 5.17. The maximum atomic E-state index is 10.8. The second-order valence-electron chi connectivity index (χ2n) is 3.99. The summed E-state index contributed by atoms with van der Waals surface area (Å²) in [5.41, 5.74) is 6.96. The molecule has 1 amide bonds. The van der Waals surface area contributed by atoms with Crippen LogP contribution in [-0.2, 0) is 14.3 Å². The lowest BCUT2D eigenvalue weighted by Gasteiger charge is -2.18. The number of primary amides is 1. The zero-order valence-corrected chi connectivity index (χ0v) is 10.5. The summed E-state index contributed by atoms with van der Waals surface area (Å²) in [4.78, 5) is 21.5. The molecule has 0 radical (unpaired) electrons. The number of esters is 1. The number of aryl methyl sites for hydroxylation is 1. The molecule has 0 heterocycles. The van der Waals surface area contributed by atoms with E-state index in [2.05, 4.69) is 0 Å². The van der Waals surface area contributed by atoms with Gasteiger partial charge in [0.15, 0.2) is 0 Å². The highest BCUT2D eigenvalue weighted by atomic mass is 16.6. The van der Waals surface area contributed by atoms with Crippen LogP contribution in [-0.4, -0.2) is 25.3 Å². The van der Waals surface area contributed by atoms with Gasteiger partial charge < -0.3 is 15.2 Å². The van der Waals surface area contributed by atoms with Crippen molar-refractivity contribution in [1.82, 2.24) is 0 Å². The fourth-order valence-corrected chi connectivity index (χ4v) is 1.67. The van der Waals surface area contributed by atoms with E-state index in [1.165, 1.54) is 6.92 Å². The summed E-state index contributed by atoms with van der Waals surface area (Å²) in [6, 6.07) is 7.65. The maximum absolute atomic E-state index is 10.8. The highest BCUT2D eigenvalue weighted by molar-refractivity contribution is 5.66. The molecule has 0 bridgehead atoms. The summed E-state index contributed by atoms with van der Waals surface area (Å²) in [6.45, 7) is 3.53. The van der Waals surface area contributed by atoms with E-state index in [4.69, 9.17) is 15.2 Å². The van der Waals surface area contributed by atoms with E-state index < -0.39 is 6.09 Å². The van der Waals surface area contributed by atoms with Gasteiger partial charge in [-0.1, -0.05) is 24.3 Å². The van der Waals surface area contributed by atoms with Gasteiger partial charge in [0.25, 0.3) is 0 Å². The van der Waals surface area contributed by atoms with Crippen molar-refractivity contribution in [3.63, 3.8) is 0 Å². The molecule has 0 aliphatic rings. The third kappa shape index (κ3) is 4.45. The summed E-state index contributed by atoms with van der Waals surface area (Å²) < 4.78 is 9.77. The van der Waals surface area contributed by atoms with Crippen molar-refractivity contribution in [2.45, 2.75) is 19.8 Å². The van der Waals surface area contributed by atoms with Crippen molar-refractivity contribution in [2.24, 2.45) is 5.73 Å². The Balaban J connectivity index is 2.79. The fourth-order valence-electron chi connectivity index (χ4n) is 1.67.